The van der Waals surface area contributed by atoms with Gasteiger partial charge in [0.05, 0.1) is 19.2 Å². The van der Waals surface area contributed by atoms with Crippen LogP contribution < -0.4 is 15.8 Å². The number of carbonyl (C=O) groups is 1. The van der Waals surface area contributed by atoms with E-state index in [1.165, 1.54) is 0 Å². The SMILES string of the molecule is COc1cc(CN)ccc1NC(=O)Cc1cccc(C)c1. The molecule has 110 valence electrons. The number of methoxy groups -OCH3 is 1. The minimum atomic E-state index is -0.0700. The number of amides is 1. The van der Waals surface area contributed by atoms with E-state index in [1.54, 1.807) is 7.11 Å². The van der Waals surface area contributed by atoms with Crippen molar-refractivity contribution >= 4 is 11.6 Å². The molecule has 0 spiro atoms. The van der Waals surface area contributed by atoms with Crippen LogP contribution in [0.15, 0.2) is 42.5 Å². The maximum absolute atomic E-state index is 12.1. The van der Waals surface area contributed by atoms with E-state index in [0.717, 1.165) is 16.7 Å². The predicted octanol–water partition coefficient (Wildman–Crippen LogP) is 2.64. The third-order valence-electron chi connectivity index (χ3n) is 3.22. The Bertz CT molecular complexity index is 638. The first-order chi connectivity index (χ1) is 10.1. The third kappa shape index (κ3) is 4.07. The highest BCUT2D eigenvalue weighted by Gasteiger charge is 2.09. The van der Waals surface area contributed by atoms with Gasteiger partial charge in [-0.3, -0.25) is 4.79 Å². The van der Waals surface area contributed by atoms with Crippen LogP contribution >= 0.6 is 0 Å². The number of aryl methyl sites for hydroxylation is 1. The molecular weight excluding hydrogens is 264 g/mol. The number of ether oxygens (including phenoxy) is 1. The van der Waals surface area contributed by atoms with Crippen molar-refractivity contribution in [1.82, 2.24) is 0 Å². The topological polar surface area (TPSA) is 64.3 Å². The Hall–Kier alpha value is -2.33. The normalized spacial score (nSPS) is 10.2. The highest BCUT2D eigenvalue weighted by atomic mass is 16.5. The summed E-state index contributed by atoms with van der Waals surface area (Å²) in [6, 6.07) is 13.4. The fourth-order valence-electron chi connectivity index (χ4n) is 2.17. The molecule has 2 aromatic rings. The number of hydrogen-bond acceptors (Lipinski definition) is 3. The molecule has 0 heterocycles. The van der Waals surface area contributed by atoms with Crippen LogP contribution in [0.25, 0.3) is 0 Å². The summed E-state index contributed by atoms with van der Waals surface area (Å²) >= 11 is 0. The fraction of sp³-hybridized carbons (Fsp3) is 0.235. The Morgan fingerprint density at radius 1 is 1.19 bits per heavy atom. The van der Waals surface area contributed by atoms with E-state index in [1.807, 2.05) is 49.4 Å². The highest BCUT2D eigenvalue weighted by molar-refractivity contribution is 5.93. The molecule has 3 N–H and O–H groups in total. The van der Waals surface area contributed by atoms with Crippen LogP contribution in [0, 0.1) is 6.92 Å². The van der Waals surface area contributed by atoms with E-state index >= 15 is 0 Å². The number of nitrogens with two attached hydrogens (primary N) is 1. The van der Waals surface area contributed by atoms with E-state index in [-0.39, 0.29) is 5.91 Å². The lowest BCUT2D eigenvalue weighted by Gasteiger charge is -2.11. The number of carbonyl (C=O) groups excluding carboxylic acids is 1. The molecule has 0 unspecified atom stereocenters. The van der Waals surface area contributed by atoms with E-state index in [4.69, 9.17) is 10.5 Å². The zero-order chi connectivity index (χ0) is 15.2. The Balaban J connectivity index is 2.09. The first-order valence-electron chi connectivity index (χ1n) is 6.84. The van der Waals surface area contributed by atoms with Crippen LogP contribution in [0.3, 0.4) is 0 Å². The molecule has 4 nitrogen and oxygen atoms in total. The predicted molar refractivity (Wildman–Crippen MR) is 84.4 cm³/mol. The van der Waals surface area contributed by atoms with Crippen molar-refractivity contribution in [2.45, 2.75) is 19.9 Å². The van der Waals surface area contributed by atoms with Gasteiger partial charge in [-0.15, -0.1) is 0 Å². The quantitative estimate of drug-likeness (QED) is 0.887. The van der Waals surface area contributed by atoms with Gasteiger partial charge in [0, 0.05) is 6.54 Å². The Morgan fingerprint density at radius 3 is 2.67 bits per heavy atom. The monoisotopic (exact) mass is 284 g/mol. The first kappa shape index (κ1) is 15.1. The van der Waals surface area contributed by atoms with Crippen molar-refractivity contribution in [3.63, 3.8) is 0 Å². The summed E-state index contributed by atoms with van der Waals surface area (Å²) in [5.74, 6) is 0.551. The van der Waals surface area contributed by atoms with E-state index < -0.39 is 0 Å². The molecule has 0 aliphatic heterocycles. The molecule has 0 radical (unpaired) electrons. The van der Waals surface area contributed by atoms with Gasteiger partial charge in [-0.1, -0.05) is 35.9 Å². The third-order valence-corrected chi connectivity index (χ3v) is 3.22. The maximum Gasteiger partial charge on any atom is 0.228 e. The van der Waals surface area contributed by atoms with Gasteiger partial charge in [-0.05, 0) is 30.2 Å². The van der Waals surface area contributed by atoms with Crippen LogP contribution in [-0.4, -0.2) is 13.0 Å². The number of benzene rings is 2. The summed E-state index contributed by atoms with van der Waals surface area (Å²) < 4.78 is 5.29. The van der Waals surface area contributed by atoms with Crippen LogP contribution in [-0.2, 0) is 17.8 Å². The lowest BCUT2D eigenvalue weighted by molar-refractivity contribution is -0.115. The number of nitrogens with one attached hydrogen (secondary N) is 1. The van der Waals surface area contributed by atoms with Crippen LogP contribution in [0.1, 0.15) is 16.7 Å². The molecule has 21 heavy (non-hydrogen) atoms. The summed E-state index contributed by atoms with van der Waals surface area (Å²) in [5, 5.41) is 2.88. The lowest BCUT2D eigenvalue weighted by Crippen LogP contribution is -2.15. The van der Waals surface area contributed by atoms with Gasteiger partial charge < -0.3 is 15.8 Å². The number of anilines is 1. The zero-order valence-corrected chi connectivity index (χ0v) is 12.3. The van der Waals surface area contributed by atoms with Gasteiger partial charge in [-0.2, -0.15) is 0 Å². The molecule has 1 amide bonds. The molecule has 0 atom stereocenters. The summed E-state index contributed by atoms with van der Waals surface area (Å²) in [4.78, 5) is 12.1. The molecular formula is C17H20N2O2. The summed E-state index contributed by atoms with van der Waals surface area (Å²) in [5.41, 5.74) is 9.35. The minimum Gasteiger partial charge on any atom is -0.495 e. The van der Waals surface area contributed by atoms with Gasteiger partial charge in [-0.25, -0.2) is 0 Å². The smallest absolute Gasteiger partial charge is 0.228 e. The fourth-order valence-corrected chi connectivity index (χ4v) is 2.17. The second kappa shape index (κ2) is 6.90. The standard InChI is InChI=1S/C17H20N2O2/c1-12-4-3-5-13(8-12)10-17(20)19-15-7-6-14(11-18)9-16(15)21-2/h3-9H,10-11,18H2,1-2H3,(H,19,20). The van der Waals surface area contributed by atoms with Crippen molar-refractivity contribution in [3.05, 3.63) is 59.2 Å². The summed E-state index contributed by atoms with van der Waals surface area (Å²) in [7, 11) is 1.58. The second-order valence-electron chi connectivity index (χ2n) is 4.95. The zero-order valence-electron chi connectivity index (χ0n) is 12.3. The highest BCUT2D eigenvalue weighted by Crippen LogP contribution is 2.25. The van der Waals surface area contributed by atoms with Crippen LogP contribution in [0.2, 0.25) is 0 Å². The van der Waals surface area contributed by atoms with Gasteiger partial charge in [0.2, 0.25) is 5.91 Å². The first-order valence-corrected chi connectivity index (χ1v) is 6.84. The molecule has 0 bridgehead atoms. The van der Waals surface area contributed by atoms with Crippen LogP contribution in [0.5, 0.6) is 5.75 Å². The van der Waals surface area contributed by atoms with Crippen molar-refractivity contribution < 1.29 is 9.53 Å². The molecule has 0 fully saturated rings. The molecule has 2 aromatic carbocycles. The Kier molecular flexibility index (Phi) is 4.95. The van der Waals surface area contributed by atoms with E-state index in [0.29, 0.717) is 24.4 Å². The van der Waals surface area contributed by atoms with Gasteiger partial charge in [0.1, 0.15) is 5.75 Å². The number of hydrogen-bond donors (Lipinski definition) is 2. The van der Waals surface area contributed by atoms with E-state index in [9.17, 15) is 4.79 Å². The van der Waals surface area contributed by atoms with Gasteiger partial charge in [0.15, 0.2) is 0 Å². The van der Waals surface area contributed by atoms with E-state index in [2.05, 4.69) is 5.32 Å². The average molecular weight is 284 g/mol. The Labute approximate surface area is 124 Å². The Morgan fingerprint density at radius 2 is 2.00 bits per heavy atom. The summed E-state index contributed by atoms with van der Waals surface area (Å²) in [6.45, 7) is 2.45. The number of rotatable bonds is 5. The molecule has 0 aliphatic rings. The average Bonchev–Trinajstić information content (AvgIpc) is 2.47. The minimum absolute atomic E-state index is 0.0700. The largest absolute Gasteiger partial charge is 0.495 e. The van der Waals surface area contributed by atoms with Crippen molar-refractivity contribution in [1.29, 1.82) is 0 Å². The van der Waals surface area contributed by atoms with Gasteiger partial charge in [0.25, 0.3) is 0 Å². The molecule has 2 rings (SSSR count). The molecule has 4 heteroatoms. The van der Waals surface area contributed by atoms with Crippen molar-refractivity contribution in [2.24, 2.45) is 5.73 Å². The lowest BCUT2D eigenvalue weighted by atomic mass is 10.1. The molecule has 0 aliphatic carbocycles. The maximum atomic E-state index is 12.1. The molecule has 0 aromatic heterocycles. The second-order valence-corrected chi connectivity index (χ2v) is 4.95. The van der Waals surface area contributed by atoms with Crippen molar-refractivity contribution in [2.75, 3.05) is 12.4 Å². The van der Waals surface area contributed by atoms with Crippen LogP contribution in [0.4, 0.5) is 5.69 Å². The van der Waals surface area contributed by atoms with Gasteiger partial charge >= 0.3 is 0 Å². The molecule has 0 saturated carbocycles. The summed E-state index contributed by atoms with van der Waals surface area (Å²) in [6.07, 6.45) is 0.337. The molecule has 0 saturated heterocycles. The van der Waals surface area contributed by atoms with Crippen molar-refractivity contribution in [3.8, 4) is 5.75 Å².